The van der Waals surface area contributed by atoms with E-state index in [1.807, 2.05) is 12.1 Å². The summed E-state index contributed by atoms with van der Waals surface area (Å²) in [7, 11) is 2.11. The van der Waals surface area contributed by atoms with E-state index in [1.165, 1.54) is 5.47 Å². The van der Waals surface area contributed by atoms with Crippen molar-refractivity contribution in [1.82, 2.24) is 0 Å². The van der Waals surface area contributed by atoms with Gasteiger partial charge >= 0.3 is 0 Å². The van der Waals surface area contributed by atoms with Gasteiger partial charge in [-0.05, 0) is 17.6 Å². The maximum Gasteiger partial charge on any atom is 0.190 e. The van der Waals surface area contributed by atoms with Crippen LogP contribution in [-0.4, -0.2) is 7.28 Å². The van der Waals surface area contributed by atoms with Gasteiger partial charge in [-0.3, -0.25) is 0 Å². The molecular formula is C9H8BO. The highest BCUT2D eigenvalue weighted by Gasteiger charge is 2.10. The van der Waals surface area contributed by atoms with Crippen LogP contribution in [0.3, 0.4) is 0 Å². The average Bonchev–Trinajstić information content (AvgIpc) is 2.55. The lowest BCUT2D eigenvalue weighted by atomic mass is 9.66. The molecule has 0 fully saturated rings. The van der Waals surface area contributed by atoms with E-state index in [2.05, 4.69) is 26.4 Å². The normalized spacial score (nSPS) is 15.7. The molecule has 0 atom stereocenters. The molecular weight excluding hydrogens is 135 g/mol. The van der Waals surface area contributed by atoms with Crippen LogP contribution in [0.5, 0.6) is 0 Å². The Balaban J connectivity index is 2.23. The third-order valence-electron chi connectivity index (χ3n) is 1.71. The molecule has 0 N–H and O–H groups in total. The fourth-order valence-corrected chi connectivity index (χ4v) is 1.16. The van der Waals surface area contributed by atoms with Crippen molar-refractivity contribution in [1.29, 1.82) is 0 Å². The lowest BCUT2D eigenvalue weighted by Gasteiger charge is -1.94. The first kappa shape index (κ1) is 6.53. The number of furan rings is 1. The first-order valence-corrected chi connectivity index (χ1v) is 3.63. The van der Waals surface area contributed by atoms with E-state index in [0.717, 1.165) is 11.2 Å². The number of allylic oxidation sites excluding steroid dienone is 3. The largest absolute Gasteiger partial charge is 0.466 e. The Morgan fingerprint density at radius 2 is 2.27 bits per heavy atom. The lowest BCUT2D eigenvalue weighted by Crippen LogP contribution is -1.90. The van der Waals surface area contributed by atoms with Crippen LogP contribution in [0, 0.1) is 0 Å². The summed E-state index contributed by atoms with van der Waals surface area (Å²) >= 11 is 0. The molecule has 1 aromatic rings. The summed E-state index contributed by atoms with van der Waals surface area (Å²) in [6.07, 6.45) is 5.84. The third kappa shape index (κ3) is 1.16. The van der Waals surface area contributed by atoms with Crippen LogP contribution in [0.25, 0.3) is 5.47 Å². The molecule has 0 bridgehead atoms. The molecule has 2 heterocycles. The van der Waals surface area contributed by atoms with Gasteiger partial charge in [-0.25, -0.2) is 0 Å². The minimum absolute atomic E-state index is 0.943. The Hall–Kier alpha value is -1.18. The molecule has 1 aliphatic rings. The van der Waals surface area contributed by atoms with Gasteiger partial charge in [-0.1, -0.05) is 19.1 Å². The summed E-state index contributed by atoms with van der Waals surface area (Å²) in [5.74, 6) is 0.943. The zero-order valence-electron chi connectivity index (χ0n) is 6.37. The van der Waals surface area contributed by atoms with Gasteiger partial charge in [-0.15, -0.1) is 5.47 Å². The predicted octanol–water partition coefficient (Wildman–Crippen LogP) is 2.24. The zero-order chi connectivity index (χ0) is 7.68. The van der Waals surface area contributed by atoms with Crippen LogP contribution in [0.1, 0.15) is 12.7 Å². The van der Waals surface area contributed by atoms with Crippen molar-refractivity contribution < 1.29 is 4.42 Å². The lowest BCUT2D eigenvalue weighted by molar-refractivity contribution is 0.555. The average molecular weight is 143 g/mol. The van der Waals surface area contributed by atoms with Crippen molar-refractivity contribution in [2.75, 3.05) is 0 Å². The van der Waals surface area contributed by atoms with Gasteiger partial charge in [0.2, 0.25) is 0 Å². The molecule has 2 heteroatoms. The van der Waals surface area contributed by atoms with Gasteiger partial charge in [0.05, 0.1) is 6.26 Å². The summed E-state index contributed by atoms with van der Waals surface area (Å²) in [6.45, 7) is 2.08. The van der Waals surface area contributed by atoms with Crippen molar-refractivity contribution in [2.24, 2.45) is 0 Å². The van der Waals surface area contributed by atoms with Gasteiger partial charge in [0.1, 0.15) is 5.76 Å². The second-order valence-electron chi connectivity index (χ2n) is 2.65. The van der Waals surface area contributed by atoms with Crippen LogP contribution in [0.4, 0.5) is 0 Å². The molecule has 1 aromatic heterocycles. The van der Waals surface area contributed by atoms with Crippen LogP contribution < -0.4 is 0 Å². The molecule has 0 spiro atoms. The topological polar surface area (TPSA) is 13.1 Å². The van der Waals surface area contributed by atoms with E-state index in [0.29, 0.717) is 0 Å². The first-order valence-electron chi connectivity index (χ1n) is 3.63. The van der Waals surface area contributed by atoms with E-state index in [1.54, 1.807) is 6.26 Å². The predicted molar refractivity (Wildman–Crippen MR) is 46.2 cm³/mol. The molecule has 0 saturated carbocycles. The fourth-order valence-electron chi connectivity index (χ4n) is 1.16. The molecule has 53 valence electrons. The Morgan fingerprint density at radius 1 is 1.36 bits per heavy atom. The molecule has 0 unspecified atom stereocenters. The minimum Gasteiger partial charge on any atom is -0.466 e. The fraction of sp³-hybridized carbons (Fsp3) is 0.111. The van der Waals surface area contributed by atoms with Crippen molar-refractivity contribution in [3.05, 3.63) is 41.8 Å². The highest BCUT2D eigenvalue weighted by atomic mass is 16.3. The van der Waals surface area contributed by atoms with Gasteiger partial charge in [0.15, 0.2) is 7.28 Å². The number of hydrogen-bond acceptors (Lipinski definition) is 1. The van der Waals surface area contributed by atoms with E-state index in [4.69, 9.17) is 4.42 Å². The van der Waals surface area contributed by atoms with Crippen LogP contribution in [-0.2, 0) is 0 Å². The maximum atomic E-state index is 5.23. The summed E-state index contributed by atoms with van der Waals surface area (Å²) in [6, 6.07) is 3.87. The van der Waals surface area contributed by atoms with E-state index in [9.17, 15) is 0 Å². The van der Waals surface area contributed by atoms with Gasteiger partial charge in [0, 0.05) is 0 Å². The Bertz CT molecular complexity index is 306. The monoisotopic (exact) mass is 143 g/mol. The Morgan fingerprint density at radius 3 is 2.82 bits per heavy atom. The van der Waals surface area contributed by atoms with Gasteiger partial charge < -0.3 is 4.42 Å². The molecule has 1 aliphatic heterocycles. The molecule has 0 aliphatic carbocycles. The summed E-state index contributed by atoms with van der Waals surface area (Å²) in [4.78, 5) is 0. The third-order valence-corrected chi connectivity index (χ3v) is 1.71. The molecule has 0 aromatic carbocycles. The molecule has 1 nitrogen and oxygen atoms in total. The number of hydrogen-bond donors (Lipinski definition) is 0. The molecule has 2 rings (SSSR count). The first-order chi connectivity index (χ1) is 5.36. The van der Waals surface area contributed by atoms with Gasteiger partial charge in [0.25, 0.3) is 0 Å². The summed E-state index contributed by atoms with van der Waals surface area (Å²) in [5, 5.41) is 0. The standard InChI is InChI=1S/C9H8BO/c1-7-4-5-8(10-7)9-3-2-6-11-9/h2-6H,1H3. The quantitative estimate of drug-likeness (QED) is 0.549. The molecule has 0 saturated heterocycles. The smallest absolute Gasteiger partial charge is 0.190 e. The van der Waals surface area contributed by atoms with E-state index >= 15 is 0 Å². The second kappa shape index (κ2) is 2.46. The highest BCUT2D eigenvalue weighted by molar-refractivity contribution is 6.68. The molecule has 0 amide bonds. The SMILES string of the molecule is CC1=CC=C(c2ccco2)[B]1. The minimum atomic E-state index is 0.943. The molecule has 1 radical (unpaired) electrons. The second-order valence-corrected chi connectivity index (χ2v) is 2.65. The highest BCUT2D eigenvalue weighted by Crippen LogP contribution is 2.20. The zero-order valence-corrected chi connectivity index (χ0v) is 6.37. The number of rotatable bonds is 1. The van der Waals surface area contributed by atoms with Crippen LogP contribution >= 0.6 is 0 Å². The molecule has 11 heavy (non-hydrogen) atoms. The van der Waals surface area contributed by atoms with Crippen LogP contribution in [0.2, 0.25) is 0 Å². The van der Waals surface area contributed by atoms with Crippen LogP contribution in [0.15, 0.2) is 40.4 Å². The van der Waals surface area contributed by atoms with Crippen molar-refractivity contribution in [2.45, 2.75) is 6.92 Å². The Kier molecular flexibility index (Phi) is 1.46. The van der Waals surface area contributed by atoms with Gasteiger partial charge in [-0.2, -0.15) is 0 Å². The summed E-state index contributed by atoms with van der Waals surface area (Å²) < 4.78 is 5.23. The van der Waals surface area contributed by atoms with Crippen molar-refractivity contribution >= 4 is 12.8 Å². The van der Waals surface area contributed by atoms with E-state index in [-0.39, 0.29) is 0 Å². The van der Waals surface area contributed by atoms with Crippen molar-refractivity contribution in [3.63, 3.8) is 0 Å². The summed E-state index contributed by atoms with van der Waals surface area (Å²) in [5.41, 5.74) is 2.43. The maximum absolute atomic E-state index is 5.23. The Labute approximate surface area is 66.7 Å². The van der Waals surface area contributed by atoms with E-state index < -0.39 is 0 Å². The van der Waals surface area contributed by atoms with Crippen molar-refractivity contribution in [3.8, 4) is 0 Å².